The fraction of sp³-hybridized carbons (Fsp3) is 0.727. The molecule has 0 unspecified atom stereocenters. The molecule has 0 aromatic carbocycles. The summed E-state index contributed by atoms with van der Waals surface area (Å²) in [5, 5.41) is 12.6. The number of aliphatic carboxylic acids is 1. The monoisotopic (exact) mass is 260 g/mol. The molecule has 0 bridgehead atoms. The van der Waals surface area contributed by atoms with Gasteiger partial charge in [0, 0.05) is 5.97 Å². The molecular formula is C11H18NO6-. The van der Waals surface area contributed by atoms with Crippen LogP contribution in [-0.2, 0) is 19.1 Å². The number of alkyl carbamates (subject to hydrolysis) is 1. The lowest BCUT2D eigenvalue weighted by molar-refractivity contribution is -0.305. The predicted octanol–water partition coefficient (Wildman–Crippen LogP) is -0.417. The summed E-state index contributed by atoms with van der Waals surface area (Å²) in [6.07, 6.45) is -1.29. The van der Waals surface area contributed by atoms with Crippen LogP contribution in [0.4, 0.5) is 4.79 Å². The maximum Gasteiger partial charge on any atom is 0.408 e. The van der Waals surface area contributed by atoms with Gasteiger partial charge in [-0.2, -0.15) is 0 Å². The Kier molecular flexibility index (Phi) is 6.15. The van der Waals surface area contributed by atoms with E-state index in [-0.39, 0.29) is 12.8 Å². The van der Waals surface area contributed by atoms with E-state index in [0.717, 1.165) is 7.11 Å². The number of nitrogens with one attached hydrogen (secondary N) is 1. The average molecular weight is 260 g/mol. The van der Waals surface area contributed by atoms with Gasteiger partial charge in [-0.25, -0.2) is 9.59 Å². The second kappa shape index (κ2) is 6.83. The Hall–Kier alpha value is -1.79. The van der Waals surface area contributed by atoms with Crippen LogP contribution in [0.3, 0.4) is 0 Å². The minimum absolute atomic E-state index is 0.117. The first-order valence-corrected chi connectivity index (χ1v) is 5.43. The van der Waals surface area contributed by atoms with Gasteiger partial charge in [-0.3, -0.25) is 0 Å². The van der Waals surface area contributed by atoms with Crippen molar-refractivity contribution in [3.05, 3.63) is 0 Å². The number of amides is 1. The first-order chi connectivity index (χ1) is 8.15. The Balaban J connectivity index is 4.45. The van der Waals surface area contributed by atoms with Crippen LogP contribution >= 0.6 is 0 Å². The highest BCUT2D eigenvalue weighted by molar-refractivity contribution is 5.81. The van der Waals surface area contributed by atoms with Crippen molar-refractivity contribution in [2.45, 2.75) is 45.3 Å². The molecule has 0 saturated heterocycles. The average Bonchev–Trinajstić information content (AvgIpc) is 2.20. The van der Waals surface area contributed by atoms with Crippen molar-refractivity contribution in [2.75, 3.05) is 7.11 Å². The van der Waals surface area contributed by atoms with E-state index in [0.29, 0.717) is 0 Å². The summed E-state index contributed by atoms with van der Waals surface area (Å²) < 4.78 is 9.40. The van der Waals surface area contributed by atoms with Crippen molar-refractivity contribution in [1.29, 1.82) is 0 Å². The van der Waals surface area contributed by atoms with Crippen LogP contribution in [0.5, 0.6) is 0 Å². The third kappa shape index (κ3) is 7.48. The topological polar surface area (TPSA) is 105 Å². The molecule has 0 aliphatic rings. The van der Waals surface area contributed by atoms with Gasteiger partial charge in [0.25, 0.3) is 0 Å². The summed E-state index contributed by atoms with van der Waals surface area (Å²) in [6.45, 7) is 5.00. The standard InChI is InChI=1S/C11H19NO6/c1-11(2,3)18-10(16)12-7(9(15)17-4)5-6-8(13)14/h7H,5-6H2,1-4H3,(H,12,16)(H,13,14)/p-1/t7-/m1/s1. The zero-order valence-corrected chi connectivity index (χ0v) is 10.9. The molecule has 0 rings (SSSR count). The third-order valence-corrected chi connectivity index (χ3v) is 1.81. The van der Waals surface area contributed by atoms with Gasteiger partial charge in [-0.15, -0.1) is 0 Å². The number of carboxylic acids is 1. The SMILES string of the molecule is COC(=O)[C@@H](CCC(=O)[O-])NC(=O)OC(C)(C)C. The largest absolute Gasteiger partial charge is 0.550 e. The maximum atomic E-state index is 11.4. The van der Waals surface area contributed by atoms with Crippen molar-refractivity contribution >= 4 is 18.0 Å². The van der Waals surface area contributed by atoms with Crippen molar-refractivity contribution in [1.82, 2.24) is 5.32 Å². The Bertz CT molecular complexity index is 320. The molecular weight excluding hydrogens is 242 g/mol. The summed E-state index contributed by atoms with van der Waals surface area (Å²) in [5.74, 6) is -2.04. The quantitative estimate of drug-likeness (QED) is 0.673. The van der Waals surface area contributed by atoms with Gasteiger partial charge in [-0.1, -0.05) is 0 Å². The molecule has 18 heavy (non-hydrogen) atoms. The maximum absolute atomic E-state index is 11.4. The van der Waals surface area contributed by atoms with Gasteiger partial charge in [0.2, 0.25) is 0 Å². The molecule has 1 atom stereocenters. The number of carbonyl (C=O) groups excluding carboxylic acids is 3. The molecule has 7 nitrogen and oxygen atoms in total. The highest BCUT2D eigenvalue weighted by Gasteiger charge is 2.24. The molecule has 0 radical (unpaired) electrons. The zero-order chi connectivity index (χ0) is 14.3. The number of rotatable bonds is 5. The Morgan fingerprint density at radius 3 is 2.22 bits per heavy atom. The van der Waals surface area contributed by atoms with Gasteiger partial charge in [0.1, 0.15) is 11.6 Å². The van der Waals surface area contributed by atoms with Gasteiger partial charge in [-0.05, 0) is 33.6 Å². The summed E-state index contributed by atoms with van der Waals surface area (Å²) in [5.41, 5.74) is -0.709. The van der Waals surface area contributed by atoms with E-state index in [9.17, 15) is 19.5 Å². The summed E-state index contributed by atoms with van der Waals surface area (Å²) >= 11 is 0. The fourth-order valence-corrected chi connectivity index (χ4v) is 1.10. The Morgan fingerprint density at radius 2 is 1.83 bits per heavy atom. The number of carboxylic acid groups (broad SMARTS) is 1. The van der Waals surface area contributed by atoms with E-state index in [1.807, 2.05) is 0 Å². The number of carbonyl (C=O) groups is 3. The number of hydrogen-bond acceptors (Lipinski definition) is 6. The number of hydrogen-bond donors (Lipinski definition) is 1. The first kappa shape index (κ1) is 16.2. The van der Waals surface area contributed by atoms with Crippen molar-refractivity contribution in [3.63, 3.8) is 0 Å². The summed E-state index contributed by atoms with van der Waals surface area (Å²) in [6, 6.07) is -1.07. The highest BCUT2D eigenvalue weighted by Crippen LogP contribution is 2.08. The lowest BCUT2D eigenvalue weighted by Crippen LogP contribution is -2.44. The van der Waals surface area contributed by atoms with Crippen molar-refractivity contribution in [3.8, 4) is 0 Å². The molecule has 0 spiro atoms. The molecule has 0 aromatic rings. The van der Waals surface area contributed by atoms with E-state index in [1.54, 1.807) is 20.8 Å². The lowest BCUT2D eigenvalue weighted by atomic mass is 10.1. The van der Waals surface area contributed by atoms with E-state index in [1.165, 1.54) is 0 Å². The summed E-state index contributed by atoms with van der Waals surface area (Å²) in [4.78, 5) is 33.1. The number of esters is 1. The Morgan fingerprint density at radius 1 is 1.28 bits per heavy atom. The van der Waals surface area contributed by atoms with Crippen LogP contribution in [-0.4, -0.2) is 36.8 Å². The van der Waals surface area contributed by atoms with Gasteiger partial charge >= 0.3 is 12.1 Å². The molecule has 0 saturated carbocycles. The molecule has 0 aliphatic carbocycles. The third-order valence-electron chi connectivity index (χ3n) is 1.81. The Labute approximate surface area is 105 Å². The van der Waals surface area contributed by atoms with Crippen LogP contribution in [0.2, 0.25) is 0 Å². The molecule has 0 aromatic heterocycles. The van der Waals surface area contributed by atoms with E-state index >= 15 is 0 Å². The molecule has 0 heterocycles. The van der Waals surface area contributed by atoms with Crippen LogP contribution in [0.1, 0.15) is 33.6 Å². The molecule has 1 N–H and O–H groups in total. The minimum Gasteiger partial charge on any atom is -0.550 e. The van der Waals surface area contributed by atoms with E-state index < -0.39 is 29.7 Å². The first-order valence-electron chi connectivity index (χ1n) is 5.43. The zero-order valence-electron chi connectivity index (χ0n) is 10.9. The highest BCUT2D eigenvalue weighted by atomic mass is 16.6. The van der Waals surface area contributed by atoms with Crippen LogP contribution in [0, 0.1) is 0 Å². The predicted molar refractivity (Wildman–Crippen MR) is 59.4 cm³/mol. The fourth-order valence-electron chi connectivity index (χ4n) is 1.10. The lowest BCUT2D eigenvalue weighted by Gasteiger charge is -2.22. The number of ether oxygens (including phenoxy) is 2. The molecule has 7 heteroatoms. The van der Waals surface area contributed by atoms with Crippen LogP contribution in [0.15, 0.2) is 0 Å². The smallest absolute Gasteiger partial charge is 0.408 e. The van der Waals surface area contributed by atoms with Crippen LogP contribution in [0.25, 0.3) is 0 Å². The normalized spacial score (nSPS) is 12.4. The second-order valence-electron chi connectivity index (χ2n) is 4.63. The van der Waals surface area contributed by atoms with Gasteiger partial charge in [0.15, 0.2) is 0 Å². The molecule has 0 fully saturated rings. The molecule has 104 valence electrons. The second-order valence-corrected chi connectivity index (χ2v) is 4.63. The minimum atomic E-state index is -1.31. The number of methoxy groups -OCH3 is 1. The van der Waals surface area contributed by atoms with Crippen molar-refractivity contribution in [2.24, 2.45) is 0 Å². The molecule has 0 aliphatic heterocycles. The van der Waals surface area contributed by atoms with Gasteiger partial charge in [0.05, 0.1) is 7.11 Å². The van der Waals surface area contributed by atoms with E-state index in [4.69, 9.17) is 4.74 Å². The van der Waals surface area contributed by atoms with Gasteiger partial charge < -0.3 is 24.7 Å². The summed E-state index contributed by atoms with van der Waals surface area (Å²) in [7, 11) is 1.14. The van der Waals surface area contributed by atoms with Crippen LogP contribution < -0.4 is 10.4 Å². The molecule has 1 amide bonds. The van der Waals surface area contributed by atoms with E-state index in [2.05, 4.69) is 10.1 Å². The van der Waals surface area contributed by atoms with Crippen molar-refractivity contribution < 1.29 is 29.0 Å².